The van der Waals surface area contributed by atoms with Crippen molar-refractivity contribution in [2.75, 3.05) is 5.75 Å². The van der Waals surface area contributed by atoms with Gasteiger partial charge in [-0.1, -0.05) is 0 Å². The Hall–Kier alpha value is -0.710. The lowest BCUT2D eigenvalue weighted by molar-refractivity contribution is 1.48. The van der Waals surface area contributed by atoms with Crippen molar-refractivity contribution in [1.82, 2.24) is 0 Å². The minimum absolute atomic E-state index is 0.0208. The molecule has 0 bridgehead atoms. The molecule has 0 unspecified atom stereocenters. The number of nitrogens with two attached hydrogens (primary N) is 2. The van der Waals surface area contributed by atoms with E-state index in [2.05, 4.69) is 6.92 Å². The molecule has 0 aromatic heterocycles. The lowest BCUT2D eigenvalue weighted by Crippen LogP contribution is -2.22. The highest BCUT2D eigenvalue weighted by Crippen LogP contribution is 2.20. The monoisotopic (exact) mass is 147 g/mol. The fourth-order valence-electron chi connectivity index (χ4n) is 0.371. The van der Waals surface area contributed by atoms with E-state index >= 15 is 0 Å². The number of amidine groups is 2. The van der Waals surface area contributed by atoms with Gasteiger partial charge in [0.15, 0.2) is 0 Å². The molecule has 0 aromatic rings. The topological polar surface area (TPSA) is 99.7 Å². The minimum Gasteiger partial charge on any atom is -0.380 e. The van der Waals surface area contributed by atoms with Crippen LogP contribution in [-0.2, 0) is 0 Å². The second-order valence-corrected chi connectivity index (χ2v) is 3.69. The van der Waals surface area contributed by atoms with Crippen LogP contribution in [0, 0.1) is 17.7 Å². The Bertz CT molecular complexity index is 119. The summed E-state index contributed by atoms with van der Waals surface area (Å²) in [5.41, 5.74) is 10.2. The SMILES string of the molecule is [CH2]C[SH](C(=N)N)C(=N)N. The maximum Gasteiger partial charge on any atom is 0.137 e. The molecule has 5 heteroatoms. The van der Waals surface area contributed by atoms with Crippen molar-refractivity contribution >= 4 is 21.2 Å². The number of rotatable bonds is 1. The van der Waals surface area contributed by atoms with Crippen LogP contribution < -0.4 is 11.5 Å². The summed E-state index contributed by atoms with van der Waals surface area (Å²) in [6.07, 6.45) is 0. The lowest BCUT2D eigenvalue weighted by atomic mass is 11.0. The van der Waals surface area contributed by atoms with Crippen LogP contribution in [0.5, 0.6) is 0 Å². The first-order chi connectivity index (χ1) is 4.09. The van der Waals surface area contributed by atoms with Crippen LogP contribution in [0.15, 0.2) is 0 Å². The Morgan fingerprint density at radius 1 is 1.33 bits per heavy atom. The molecule has 0 atom stereocenters. The Labute approximate surface area is 57.0 Å². The molecule has 0 aliphatic rings. The van der Waals surface area contributed by atoms with Crippen LogP contribution in [0.3, 0.4) is 0 Å². The Kier molecular flexibility index (Phi) is 3.08. The van der Waals surface area contributed by atoms with Gasteiger partial charge in [0.2, 0.25) is 0 Å². The quantitative estimate of drug-likeness (QED) is 0.198. The first-order valence-electron chi connectivity index (χ1n) is 2.34. The van der Waals surface area contributed by atoms with Crippen LogP contribution in [0.4, 0.5) is 0 Å². The van der Waals surface area contributed by atoms with Gasteiger partial charge in [0.05, 0.1) is 0 Å². The summed E-state index contributed by atoms with van der Waals surface area (Å²) in [7, 11) is -1.07. The van der Waals surface area contributed by atoms with E-state index in [9.17, 15) is 0 Å². The van der Waals surface area contributed by atoms with Crippen molar-refractivity contribution in [3.05, 3.63) is 6.92 Å². The fraction of sp³-hybridized carbons (Fsp3) is 0.250. The van der Waals surface area contributed by atoms with Crippen LogP contribution in [0.2, 0.25) is 0 Å². The van der Waals surface area contributed by atoms with Crippen molar-refractivity contribution in [2.24, 2.45) is 11.5 Å². The van der Waals surface area contributed by atoms with Gasteiger partial charge in [0.1, 0.15) is 10.3 Å². The summed E-state index contributed by atoms with van der Waals surface area (Å²) in [6, 6.07) is 0. The average molecular weight is 147 g/mol. The normalized spacial score (nSPS) is 14.6. The Morgan fingerprint density at radius 2 is 1.67 bits per heavy atom. The molecule has 0 aliphatic carbocycles. The third kappa shape index (κ3) is 2.36. The highest BCUT2D eigenvalue weighted by molar-refractivity contribution is 8.41. The standard InChI is InChI=1S/C4H11N4S/c1-2-9(3(5)6)4(7)8/h9H,1-2H2,(H3,5,6)(H3,7,8). The molecule has 4 nitrogen and oxygen atoms in total. The lowest BCUT2D eigenvalue weighted by Gasteiger charge is -2.14. The fourth-order valence-corrected chi connectivity index (χ4v) is 1.11. The van der Waals surface area contributed by atoms with Crippen LogP contribution in [-0.4, -0.2) is 16.1 Å². The van der Waals surface area contributed by atoms with Gasteiger partial charge in [0.25, 0.3) is 0 Å². The minimum atomic E-state index is -1.07. The van der Waals surface area contributed by atoms with E-state index in [4.69, 9.17) is 22.3 Å². The predicted molar refractivity (Wildman–Crippen MR) is 43.0 cm³/mol. The highest BCUT2D eigenvalue weighted by atomic mass is 32.2. The third-order valence-corrected chi connectivity index (χ3v) is 2.42. The van der Waals surface area contributed by atoms with Gasteiger partial charge >= 0.3 is 0 Å². The number of hydrogen-bond donors (Lipinski definition) is 5. The number of nitrogens with one attached hydrogen (secondary N) is 2. The van der Waals surface area contributed by atoms with Crippen molar-refractivity contribution in [2.45, 2.75) is 0 Å². The van der Waals surface area contributed by atoms with E-state index in [1.54, 1.807) is 0 Å². The van der Waals surface area contributed by atoms with Gasteiger partial charge in [-0.2, -0.15) is 0 Å². The van der Waals surface area contributed by atoms with Crippen molar-refractivity contribution in [1.29, 1.82) is 10.8 Å². The van der Waals surface area contributed by atoms with E-state index in [1.807, 2.05) is 0 Å². The summed E-state index contributed by atoms with van der Waals surface area (Å²) in [6.45, 7) is 3.52. The summed E-state index contributed by atoms with van der Waals surface area (Å²) in [4.78, 5) is 0. The third-order valence-electron chi connectivity index (χ3n) is 0.805. The second-order valence-electron chi connectivity index (χ2n) is 1.42. The van der Waals surface area contributed by atoms with Crippen molar-refractivity contribution in [3.8, 4) is 0 Å². The Morgan fingerprint density at radius 3 is 1.67 bits per heavy atom. The molecule has 0 spiro atoms. The molecule has 0 rings (SSSR count). The van der Waals surface area contributed by atoms with Crippen molar-refractivity contribution < 1.29 is 0 Å². The van der Waals surface area contributed by atoms with E-state index in [0.717, 1.165) is 0 Å². The molecule has 0 saturated heterocycles. The summed E-state index contributed by atoms with van der Waals surface area (Å²) in [5.74, 6) is 0.444. The van der Waals surface area contributed by atoms with Crippen LogP contribution in [0.1, 0.15) is 0 Å². The molecular formula is C4H11N4S. The van der Waals surface area contributed by atoms with Gasteiger partial charge in [-0.3, -0.25) is 10.8 Å². The molecule has 0 aromatic carbocycles. The molecule has 6 N–H and O–H groups in total. The highest BCUT2D eigenvalue weighted by Gasteiger charge is 2.05. The van der Waals surface area contributed by atoms with Gasteiger partial charge in [0, 0.05) is 0 Å². The zero-order valence-corrected chi connectivity index (χ0v) is 5.91. The maximum atomic E-state index is 6.93. The molecule has 0 saturated carbocycles. The largest absolute Gasteiger partial charge is 0.380 e. The van der Waals surface area contributed by atoms with E-state index in [-0.39, 0.29) is 10.3 Å². The molecule has 1 radical (unpaired) electrons. The van der Waals surface area contributed by atoms with Crippen molar-refractivity contribution in [3.63, 3.8) is 0 Å². The molecule has 0 amide bonds. The van der Waals surface area contributed by atoms with Gasteiger partial charge in [-0.15, -0.1) is 10.9 Å². The average Bonchev–Trinajstić information content (AvgIpc) is 1.64. The van der Waals surface area contributed by atoms with Gasteiger partial charge in [-0.25, -0.2) is 0 Å². The van der Waals surface area contributed by atoms with Gasteiger partial charge in [-0.05, 0) is 12.7 Å². The first-order valence-corrected chi connectivity index (χ1v) is 3.87. The summed E-state index contributed by atoms with van der Waals surface area (Å²) < 4.78 is 0. The van der Waals surface area contributed by atoms with E-state index in [1.165, 1.54) is 0 Å². The van der Waals surface area contributed by atoms with Crippen LogP contribution in [0.25, 0.3) is 0 Å². The zero-order chi connectivity index (χ0) is 7.44. The number of thiol groups is 1. The summed E-state index contributed by atoms with van der Waals surface area (Å²) in [5, 5.41) is 13.8. The molecular weight excluding hydrogens is 136 g/mol. The summed E-state index contributed by atoms with van der Waals surface area (Å²) >= 11 is 0. The van der Waals surface area contributed by atoms with Gasteiger partial charge < -0.3 is 11.5 Å². The molecule has 0 heterocycles. The Balaban J connectivity index is 3.99. The molecule has 0 aliphatic heterocycles. The number of hydrogen-bond acceptors (Lipinski definition) is 2. The molecule has 0 fully saturated rings. The van der Waals surface area contributed by atoms with Crippen LogP contribution >= 0.6 is 10.9 Å². The molecule has 9 heavy (non-hydrogen) atoms. The predicted octanol–water partition coefficient (Wildman–Crippen LogP) is -0.391. The van der Waals surface area contributed by atoms with E-state index < -0.39 is 10.9 Å². The molecule has 53 valence electrons. The maximum absolute atomic E-state index is 6.93. The zero-order valence-electron chi connectivity index (χ0n) is 5.02. The smallest absolute Gasteiger partial charge is 0.137 e. The first kappa shape index (κ1) is 8.29. The van der Waals surface area contributed by atoms with E-state index in [0.29, 0.717) is 5.75 Å². The second kappa shape index (κ2) is 3.34.